The van der Waals surface area contributed by atoms with E-state index in [9.17, 15) is 14.7 Å². The molecule has 0 radical (unpaired) electrons. The lowest BCUT2D eigenvalue weighted by molar-refractivity contribution is -0.154. The van der Waals surface area contributed by atoms with Gasteiger partial charge in [0.05, 0.1) is 19.2 Å². The van der Waals surface area contributed by atoms with Crippen LogP contribution in [0.3, 0.4) is 0 Å². The van der Waals surface area contributed by atoms with Gasteiger partial charge in [-0.2, -0.15) is 0 Å². The van der Waals surface area contributed by atoms with Crippen LogP contribution in [0.25, 0.3) is 0 Å². The van der Waals surface area contributed by atoms with Gasteiger partial charge in [-0.1, -0.05) is 70.4 Å². The van der Waals surface area contributed by atoms with Crippen molar-refractivity contribution < 1.29 is 19.4 Å². The molecular formula is C29H42N4O4. The fourth-order valence-electron chi connectivity index (χ4n) is 6.40. The van der Waals surface area contributed by atoms with E-state index in [2.05, 4.69) is 35.6 Å². The normalized spacial score (nSPS) is 24.9. The van der Waals surface area contributed by atoms with E-state index in [-0.39, 0.29) is 35.2 Å². The zero-order valence-corrected chi connectivity index (χ0v) is 22.6. The molecule has 2 heterocycles. The first-order chi connectivity index (χ1) is 17.7. The average Bonchev–Trinajstić information content (AvgIpc) is 3.48. The number of ether oxygens (including phenoxy) is 1. The summed E-state index contributed by atoms with van der Waals surface area (Å²) in [6.07, 6.45) is 8.55. The summed E-state index contributed by atoms with van der Waals surface area (Å²) in [6, 6.07) is 8.36. The van der Waals surface area contributed by atoms with E-state index in [0.29, 0.717) is 19.7 Å². The van der Waals surface area contributed by atoms with Gasteiger partial charge in [0.1, 0.15) is 11.9 Å². The summed E-state index contributed by atoms with van der Waals surface area (Å²) in [5, 5.41) is 14.3. The van der Waals surface area contributed by atoms with Gasteiger partial charge < -0.3 is 24.6 Å². The largest absolute Gasteiger partial charge is 0.480 e. The zero-order chi connectivity index (χ0) is 26.6. The van der Waals surface area contributed by atoms with Crippen molar-refractivity contribution in [1.29, 1.82) is 0 Å². The van der Waals surface area contributed by atoms with Crippen molar-refractivity contribution >= 4 is 11.9 Å². The Morgan fingerprint density at radius 1 is 1.14 bits per heavy atom. The minimum atomic E-state index is -0.934. The lowest BCUT2D eigenvalue weighted by atomic mass is 9.72. The molecule has 2 aromatic rings. The third kappa shape index (κ3) is 5.91. The van der Waals surface area contributed by atoms with Crippen molar-refractivity contribution in [3.05, 3.63) is 54.1 Å². The number of carboxylic acid groups (broad SMARTS) is 1. The van der Waals surface area contributed by atoms with Crippen LogP contribution in [0.2, 0.25) is 0 Å². The van der Waals surface area contributed by atoms with Crippen molar-refractivity contribution in [3.8, 4) is 0 Å². The first-order valence-electron chi connectivity index (χ1n) is 13.6. The minimum Gasteiger partial charge on any atom is -0.480 e. The quantitative estimate of drug-likeness (QED) is 0.523. The molecule has 4 atom stereocenters. The van der Waals surface area contributed by atoms with Crippen LogP contribution in [-0.2, 0) is 27.4 Å². The van der Waals surface area contributed by atoms with E-state index >= 15 is 0 Å². The van der Waals surface area contributed by atoms with Crippen LogP contribution < -0.4 is 5.32 Å². The number of carbonyl (C=O) groups excluding carboxylic acids is 1. The Kier molecular flexibility index (Phi) is 8.70. The molecule has 202 valence electrons. The predicted octanol–water partition coefficient (Wildman–Crippen LogP) is 4.27. The number of methoxy groups -OCH3 is 1. The molecule has 1 saturated heterocycles. The molecule has 8 heteroatoms. The second-order valence-corrected chi connectivity index (χ2v) is 11.5. The topological polar surface area (TPSA) is 96.7 Å². The highest BCUT2D eigenvalue weighted by Crippen LogP contribution is 2.49. The molecule has 2 aliphatic rings. The van der Waals surface area contributed by atoms with Crippen LogP contribution in [0.15, 0.2) is 42.7 Å². The number of nitrogens with one attached hydrogen (secondary N) is 1. The Morgan fingerprint density at radius 2 is 1.84 bits per heavy atom. The number of carbonyl (C=O) groups is 2. The maximum absolute atomic E-state index is 14.1. The van der Waals surface area contributed by atoms with Gasteiger partial charge in [0.15, 0.2) is 0 Å². The highest BCUT2D eigenvalue weighted by atomic mass is 16.5. The van der Waals surface area contributed by atoms with Gasteiger partial charge in [0.25, 0.3) is 0 Å². The lowest BCUT2D eigenvalue weighted by Crippen LogP contribution is -2.49. The van der Waals surface area contributed by atoms with Gasteiger partial charge in [0, 0.05) is 43.9 Å². The van der Waals surface area contributed by atoms with E-state index in [1.807, 2.05) is 36.5 Å². The smallest absolute Gasteiger partial charge is 0.326 e. The molecule has 8 nitrogen and oxygen atoms in total. The van der Waals surface area contributed by atoms with E-state index in [4.69, 9.17) is 4.74 Å². The van der Waals surface area contributed by atoms with Crippen LogP contribution in [-0.4, -0.2) is 57.2 Å². The molecule has 0 unspecified atom stereocenters. The number of hydrogen-bond acceptors (Lipinski definition) is 5. The summed E-state index contributed by atoms with van der Waals surface area (Å²) in [5.41, 5.74) is 0.603. The lowest BCUT2D eigenvalue weighted by Gasteiger charge is -2.36. The van der Waals surface area contributed by atoms with E-state index in [0.717, 1.165) is 43.5 Å². The number of likely N-dealkylation sites (tertiary alicyclic amines) is 1. The first-order valence-corrected chi connectivity index (χ1v) is 13.6. The molecule has 1 aromatic carbocycles. The highest BCUT2D eigenvalue weighted by Gasteiger charge is 2.58. The average molecular weight is 511 g/mol. The molecule has 1 aliphatic carbocycles. The van der Waals surface area contributed by atoms with Gasteiger partial charge in [-0.25, -0.2) is 9.78 Å². The van der Waals surface area contributed by atoms with Crippen LogP contribution in [0.1, 0.15) is 70.3 Å². The third-order valence-electron chi connectivity index (χ3n) is 8.10. The Morgan fingerprint density at radius 3 is 2.46 bits per heavy atom. The molecule has 1 aromatic heterocycles. The summed E-state index contributed by atoms with van der Waals surface area (Å²) in [6.45, 7) is 7.98. The SMILES string of the molecule is COCCn1ccnc1CN[C@@H]1[C@@H](C(C)(C)C)[C@H](C(=O)O)N(C(=O)C2CCCCC2)[C@@H]1c1ccccc1. The molecule has 1 amide bonds. The number of amides is 1. The summed E-state index contributed by atoms with van der Waals surface area (Å²) in [5.74, 6) is -0.503. The fraction of sp³-hybridized carbons (Fsp3) is 0.621. The monoisotopic (exact) mass is 510 g/mol. The number of nitrogens with zero attached hydrogens (tertiary/aromatic N) is 3. The molecule has 0 spiro atoms. The second kappa shape index (κ2) is 11.8. The van der Waals surface area contributed by atoms with E-state index in [1.165, 1.54) is 0 Å². The van der Waals surface area contributed by atoms with Gasteiger partial charge in [-0.05, 0) is 23.8 Å². The van der Waals surface area contributed by atoms with Gasteiger partial charge in [-0.3, -0.25) is 4.79 Å². The number of imidazole rings is 1. The number of aliphatic carboxylic acids is 1. The van der Waals surface area contributed by atoms with Gasteiger partial charge >= 0.3 is 5.97 Å². The molecular weight excluding hydrogens is 468 g/mol. The molecule has 0 bridgehead atoms. The van der Waals surface area contributed by atoms with Crippen molar-refractivity contribution in [2.45, 2.75) is 84.1 Å². The Hall–Kier alpha value is -2.71. The second-order valence-electron chi connectivity index (χ2n) is 11.5. The van der Waals surface area contributed by atoms with E-state index < -0.39 is 12.0 Å². The van der Waals surface area contributed by atoms with E-state index in [1.54, 1.807) is 18.2 Å². The maximum Gasteiger partial charge on any atom is 0.326 e. The van der Waals surface area contributed by atoms with Crippen LogP contribution in [0, 0.1) is 17.3 Å². The number of rotatable bonds is 9. The van der Waals surface area contributed by atoms with Gasteiger partial charge in [-0.15, -0.1) is 0 Å². The van der Waals surface area contributed by atoms with Crippen LogP contribution in [0.4, 0.5) is 0 Å². The Bertz CT molecular complexity index is 1040. The van der Waals surface area contributed by atoms with Crippen molar-refractivity contribution in [3.63, 3.8) is 0 Å². The van der Waals surface area contributed by atoms with Crippen molar-refractivity contribution in [2.75, 3.05) is 13.7 Å². The molecule has 37 heavy (non-hydrogen) atoms. The van der Waals surface area contributed by atoms with Crippen molar-refractivity contribution in [1.82, 2.24) is 19.8 Å². The fourth-order valence-corrected chi connectivity index (χ4v) is 6.40. The number of carboxylic acids is 1. The molecule has 1 aliphatic heterocycles. The Labute approximate surface area is 220 Å². The number of hydrogen-bond donors (Lipinski definition) is 2. The van der Waals surface area contributed by atoms with Crippen molar-refractivity contribution in [2.24, 2.45) is 17.3 Å². The van der Waals surface area contributed by atoms with Crippen LogP contribution in [0.5, 0.6) is 0 Å². The number of aromatic nitrogens is 2. The standard InChI is InChI=1S/C29H42N4O4/c1-29(2,3)23-24(31-19-22-30-15-16-32(22)17-18-37-4)25(20-11-7-5-8-12-20)33(26(23)28(35)36)27(34)21-13-9-6-10-14-21/h5,7-8,11-12,15-16,21,23-26,31H,6,9-10,13-14,17-19H2,1-4H3,(H,35,36)/t23-,24-,25-,26-/m1/s1. The molecule has 2 N–H and O–H groups in total. The minimum absolute atomic E-state index is 0.0129. The summed E-state index contributed by atoms with van der Waals surface area (Å²) in [4.78, 5) is 33.3. The number of benzene rings is 1. The van der Waals surface area contributed by atoms with Gasteiger partial charge in [0.2, 0.25) is 5.91 Å². The highest BCUT2D eigenvalue weighted by molar-refractivity contribution is 5.87. The summed E-state index contributed by atoms with van der Waals surface area (Å²) >= 11 is 0. The Balaban J connectivity index is 1.75. The zero-order valence-electron chi connectivity index (χ0n) is 22.6. The molecule has 2 fully saturated rings. The molecule has 1 saturated carbocycles. The maximum atomic E-state index is 14.1. The summed E-state index contributed by atoms with van der Waals surface area (Å²) in [7, 11) is 1.68. The summed E-state index contributed by atoms with van der Waals surface area (Å²) < 4.78 is 7.30. The third-order valence-corrected chi connectivity index (χ3v) is 8.10. The first kappa shape index (κ1) is 27.3. The molecule has 4 rings (SSSR count). The van der Waals surface area contributed by atoms with Crippen LogP contribution >= 0.6 is 0 Å². The predicted molar refractivity (Wildman–Crippen MR) is 142 cm³/mol.